The van der Waals surface area contributed by atoms with Gasteiger partial charge in [-0.15, -0.1) is 11.3 Å². The molecule has 1 N–H and O–H groups in total. The molecule has 0 bridgehead atoms. The summed E-state index contributed by atoms with van der Waals surface area (Å²) in [5.74, 6) is -1.20. The van der Waals surface area contributed by atoms with Crippen LogP contribution >= 0.6 is 22.9 Å². The van der Waals surface area contributed by atoms with Crippen LogP contribution in [0.1, 0.15) is 13.3 Å². The molecule has 1 aromatic heterocycles. The van der Waals surface area contributed by atoms with Crippen LogP contribution in [0.3, 0.4) is 0 Å². The number of aromatic nitrogens is 1. The van der Waals surface area contributed by atoms with E-state index >= 15 is 0 Å². The van der Waals surface area contributed by atoms with Crippen LogP contribution in [-0.2, 0) is 14.8 Å². The van der Waals surface area contributed by atoms with Gasteiger partial charge in [-0.05, 0) is 18.6 Å². The van der Waals surface area contributed by atoms with Gasteiger partial charge in [0, 0.05) is 22.5 Å². The van der Waals surface area contributed by atoms with E-state index in [1.165, 1.54) is 16.7 Å². The third-order valence-corrected chi connectivity index (χ3v) is 5.98. The van der Waals surface area contributed by atoms with Gasteiger partial charge in [0.05, 0.1) is 0 Å². The number of nitrogens with zero attached hydrogens (tertiary/aromatic N) is 2. The molecule has 9 heteroatoms. The van der Waals surface area contributed by atoms with Gasteiger partial charge in [0.1, 0.15) is 11.6 Å². The number of sulfonamides is 1. The second-order valence-corrected chi connectivity index (χ2v) is 7.91. The molecular weight excluding hydrogens is 360 g/mol. The van der Waals surface area contributed by atoms with Crippen molar-refractivity contribution in [3.8, 4) is 10.6 Å². The standard InChI is InChI=1S/C14H15ClN2O4S2/c1-2-7-17(8-13(18)19)23(20,21)12-9-22-14(16-12)10-3-5-11(15)6-4-10/h3-6,9H,2,7-8H2,1H3,(H,18,19). The van der Waals surface area contributed by atoms with Crippen LogP contribution in [-0.4, -0.2) is 41.9 Å². The van der Waals surface area contributed by atoms with E-state index in [4.69, 9.17) is 16.7 Å². The number of hydrogen-bond acceptors (Lipinski definition) is 5. The Morgan fingerprint density at radius 3 is 2.57 bits per heavy atom. The molecule has 2 rings (SSSR count). The molecule has 0 unspecified atom stereocenters. The Hall–Kier alpha value is -1.48. The lowest BCUT2D eigenvalue weighted by Gasteiger charge is -2.17. The Bertz CT molecular complexity index is 787. The maximum atomic E-state index is 12.5. The first-order valence-electron chi connectivity index (χ1n) is 6.78. The SMILES string of the molecule is CCCN(CC(=O)O)S(=O)(=O)c1csc(-c2ccc(Cl)cc2)n1. The Kier molecular flexibility index (Phi) is 5.74. The number of aliphatic carboxylic acids is 1. The van der Waals surface area contributed by atoms with Crippen LogP contribution in [0.25, 0.3) is 10.6 Å². The maximum Gasteiger partial charge on any atom is 0.318 e. The zero-order chi connectivity index (χ0) is 17.0. The molecule has 0 saturated heterocycles. The quantitative estimate of drug-likeness (QED) is 0.804. The molecule has 0 fully saturated rings. The summed E-state index contributed by atoms with van der Waals surface area (Å²) in [5, 5.41) is 11.3. The molecule has 2 aromatic rings. The Morgan fingerprint density at radius 2 is 2.00 bits per heavy atom. The zero-order valence-corrected chi connectivity index (χ0v) is 14.7. The number of hydrogen-bond donors (Lipinski definition) is 1. The van der Waals surface area contributed by atoms with Gasteiger partial charge in [0.25, 0.3) is 10.0 Å². The number of thiazole rings is 1. The highest BCUT2D eigenvalue weighted by Crippen LogP contribution is 2.28. The van der Waals surface area contributed by atoms with Gasteiger partial charge in [-0.1, -0.05) is 30.7 Å². The van der Waals surface area contributed by atoms with Gasteiger partial charge in [-0.3, -0.25) is 4.79 Å². The fraction of sp³-hybridized carbons (Fsp3) is 0.286. The molecule has 0 spiro atoms. The Balaban J connectivity index is 2.33. The molecular formula is C14H15ClN2O4S2. The lowest BCUT2D eigenvalue weighted by atomic mass is 10.2. The van der Waals surface area contributed by atoms with Crippen molar-refractivity contribution >= 4 is 38.9 Å². The van der Waals surface area contributed by atoms with Crippen molar-refractivity contribution in [2.24, 2.45) is 0 Å². The van der Waals surface area contributed by atoms with Crippen LogP contribution in [0.4, 0.5) is 0 Å². The molecule has 124 valence electrons. The van der Waals surface area contributed by atoms with Crippen molar-refractivity contribution in [3.05, 3.63) is 34.7 Å². The highest BCUT2D eigenvalue weighted by Gasteiger charge is 2.28. The fourth-order valence-electron chi connectivity index (χ4n) is 1.92. The summed E-state index contributed by atoms with van der Waals surface area (Å²) in [4.78, 5) is 15.0. The summed E-state index contributed by atoms with van der Waals surface area (Å²) >= 11 is 7.01. The van der Waals surface area contributed by atoms with Gasteiger partial charge in [-0.2, -0.15) is 4.31 Å². The molecule has 1 aromatic carbocycles. The lowest BCUT2D eigenvalue weighted by Crippen LogP contribution is -2.36. The maximum absolute atomic E-state index is 12.5. The van der Waals surface area contributed by atoms with E-state index in [-0.39, 0.29) is 11.6 Å². The fourth-order valence-corrected chi connectivity index (χ4v) is 4.60. The average molecular weight is 375 g/mol. The summed E-state index contributed by atoms with van der Waals surface area (Å²) in [6, 6.07) is 6.89. The number of carboxylic acids is 1. The first kappa shape index (κ1) is 17.9. The third kappa shape index (κ3) is 4.29. The molecule has 0 saturated carbocycles. The molecule has 0 atom stereocenters. The minimum Gasteiger partial charge on any atom is -0.480 e. The van der Waals surface area contributed by atoms with Gasteiger partial charge in [0.2, 0.25) is 0 Å². The second-order valence-electron chi connectivity index (χ2n) is 4.73. The van der Waals surface area contributed by atoms with Crippen molar-refractivity contribution in [1.29, 1.82) is 0 Å². The lowest BCUT2D eigenvalue weighted by molar-refractivity contribution is -0.137. The summed E-state index contributed by atoms with van der Waals surface area (Å²) in [7, 11) is -3.93. The number of benzene rings is 1. The van der Waals surface area contributed by atoms with Crippen LogP contribution in [0.15, 0.2) is 34.7 Å². The summed E-state index contributed by atoms with van der Waals surface area (Å²) in [6.07, 6.45) is 0.515. The molecule has 0 aliphatic carbocycles. The van der Waals surface area contributed by atoms with E-state index < -0.39 is 22.5 Å². The van der Waals surface area contributed by atoms with Crippen LogP contribution in [0.2, 0.25) is 5.02 Å². The van der Waals surface area contributed by atoms with Gasteiger partial charge in [-0.25, -0.2) is 13.4 Å². The highest BCUT2D eigenvalue weighted by molar-refractivity contribution is 7.89. The molecule has 1 heterocycles. The van der Waals surface area contributed by atoms with E-state index in [9.17, 15) is 13.2 Å². The molecule has 0 aliphatic rings. The van der Waals surface area contributed by atoms with E-state index in [1.54, 1.807) is 31.2 Å². The van der Waals surface area contributed by atoms with Crippen molar-refractivity contribution in [2.45, 2.75) is 18.4 Å². The van der Waals surface area contributed by atoms with E-state index in [2.05, 4.69) is 4.98 Å². The average Bonchev–Trinajstić information content (AvgIpc) is 2.97. The van der Waals surface area contributed by atoms with Crippen LogP contribution in [0.5, 0.6) is 0 Å². The summed E-state index contributed by atoms with van der Waals surface area (Å²) in [5.41, 5.74) is 0.751. The normalized spacial score (nSPS) is 11.8. The molecule has 0 amide bonds. The Labute approximate surface area is 143 Å². The van der Waals surface area contributed by atoms with Gasteiger partial charge < -0.3 is 5.11 Å². The van der Waals surface area contributed by atoms with Crippen LogP contribution < -0.4 is 0 Å². The molecule has 0 radical (unpaired) electrons. The molecule has 6 nitrogen and oxygen atoms in total. The Morgan fingerprint density at radius 1 is 1.35 bits per heavy atom. The minimum absolute atomic E-state index is 0.127. The second kappa shape index (κ2) is 7.39. The predicted molar refractivity (Wildman–Crippen MR) is 89.2 cm³/mol. The van der Waals surface area contributed by atoms with E-state index in [1.807, 2.05) is 0 Å². The first-order chi connectivity index (χ1) is 10.8. The third-order valence-electron chi connectivity index (χ3n) is 2.96. The topological polar surface area (TPSA) is 87.6 Å². The van der Waals surface area contributed by atoms with Crippen molar-refractivity contribution in [2.75, 3.05) is 13.1 Å². The van der Waals surface area contributed by atoms with E-state index in [0.29, 0.717) is 16.5 Å². The number of rotatable bonds is 7. The van der Waals surface area contributed by atoms with Crippen molar-refractivity contribution in [3.63, 3.8) is 0 Å². The number of carbonyl (C=O) groups is 1. The predicted octanol–water partition coefficient (Wildman–Crippen LogP) is 2.95. The summed E-state index contributed by atoms with van der Waals surface area (Å²) < 4.78 is 26.0. The largest absolute Gasteiger partial charge is 0.480 e. The molecule has 23 heavy (non-hydrogen) atoms. The first-order valence-corrected chi connectivity index (χ1v) is 9.47. The van der Waals surface area contributed by atoms with Crippen LogP contribution in [0, 0.1) is 0 Å². The molecule has 0 aliphatic heterocycles. The number of carboxylic acid groups (broad SMARTS) is 1. The highest BCUT2D eigenvalue weighted by atomic mass is 35.5. The number of halogens is 1. The van der Waals surface area contributed by atoms with Gasteiger partial charge >= 0.3 is 5.97 Å². The summed E-state index contributed by atoms with van der Waals surface area (Å²) in [6.45, 7) is 1.33. The van der Waals surface area contributed by atoms with E-state index in [0.717, 1.165) is 9.87 Å². The van der Waals surface area contributed by atoms with Gasteiger partial charge in [0.15, 0.2) is 5.03 Å². The monoisotopic (exact) mass is 374 g/mol. The van der Waals surface area contributed by atoms with Crippen molar-refractivity contribution in [1.82, 2.24) is 9.29 Å². The van der Waals surface area contributed by atoms with Crippen molar-refractivity contribution < 1.29 is 18.3 Å². The zero-order valence-electron chi connectivity index (χ0n) is 12.3. The minimum atomic E-state index is -3.93. The smallest absolute Gasteiger partial charge is 0.318 e.